The van der Waals surface area contributed by atoms with Gasteiger partial charge < -0.3 is 19.1 Å². The largest absolute Gasteiger partial charge is 0.493 e. The summed E-state index contributed by atoms with van der Waals surface area (Å²) in [6.45, 7) is 9.18. The molecule has 4 heterocycles. The molecule has 0 atom stereocenters. The van der Waals surface area contributed by atoms with Crippen LogP contribution >= 0.6 is 0 Å². The first-order chi connectivity index (χ1) is 34.4. The molecular formula is C60H54B2N6O2. The molecule has 2 aromatic heterocycles. The lowest BCUT2D eigenvalue weighted by Gasteiger charge is -2.35. The molecule has 0 bridgehead atoms. The highest BCUT2D eigenvalue weighted by Gasteiger charge is 2.52. The van der Waals surface area contributed by atoms with Crippen molar-refractivity contribution in [1.82, 2.24) is 19.6 Å². The van der Waals surface area contributed by atoms with E-state index in [2.05, 4.69) is 207 Å². The fourth-order valence-electron chi connectivity index (χ4n) is 9.18. The molecule has 0 saturated carbocycles. The summed E-state index contributed by atoms with van der Waals surface area (Å²) in [5, 5.41) is 0. The van der Waals surface area contributed by atoms with Gasteiger partial charge in [-0.2, -0.15) is 0 Å². The number of rotatable bonds is 16. The number of pyridine rings is 2. The van der Waals surface area contributed by atoms with Crippen molar-refractivity contribution >= 4 is 70.2 Å². The molecule has 0 fully saturated rings. The molecule has 0 spiro atoms. The number of fused-ring (bicyclic) bond motifs is 1. The van der Waals surface area contributed by atoms with Crippen LogP contribution < -0.4 is 31.3 Å². The van der Waals surface area contributed by atoms with Gasteiger partial charge in [0.25, 0.3) is 0 Å². The van der Waals surface area contributed by atoms with E-state index >= 15 is 0 Å². The fourth-order valence-corrected chi connectivity index (χ4v) is 9.18. The van der Waals surface area contributed by atoms with Gasteiger partial charge in [-0.3, -0.25) is 0 Å². The molecule has 8 nitrogen and oxygen atoms in total. The van der Waals surface area contributed by atoms with Crippen LogP contribution in [0.15, 0.2) is 240 Å². The Hall–Kier alpha value is -8.23. The van der Waals surface area contributed by atoms with Crippen LogP contribution in [-0.4, -0.2) is 58.2 Å². The van der Waals surface area contributed by atoms with E-state index in [-0.39, 0.29) is 13.7 Å². The molecule has 0 unspecified atom stereocenters. The molecule has 8 aromatic rings. The van der Waals surface area contributed by atoms with Crippen LogP contribution in [0, 0.1) is 11.8 Å². The number of aromatic nitrogens is 2. The fraction of sp³-hybridized carbons (Fsp3) is 0.133. The minimum absolute atomic E-state index is 0.348. The summed E-state index contributed by atoms with van der Waals surface area (Å²) in [5.74, 6) is 4.96. The third kappa shape index (κ3) is 9.72. The highest BCUT2D eigenvalue weighted by Crippen LogP contribution is 2.49. The third-order valence-electron chi connectivity index (χ3n) is 12.2. The Kier molecular flexibility index (Phi) is 13.6. The second-order valence-corrected chi connectivity index (χ2v) is 18.3. The van der Waals surface area contributed by atoms with E-state index < -0.39 is 0 Å². The van der Waals surface area contributed by atoms with E-state index in [0.29, 0.717) is 36.7 Å². The van der Waals surface area contributed by atoms with Crippen molar-refractivity contribution in [2.24, 2.45) is 21.8 Å². The zero-order chi connectivity index (χ0) is 47.8. The van der Waals surface area contributed by atoms with E-state index in [4.69, 9.17) is 29.4 Å². The summed E-state index contributed by atoms with van der Waals surface area (Å²) in [6.07, 6.45) is 3.60. The smallest absolute Gasteiger partial charge is 0.329 e. The van der Waals surface area contributed by atoms with Crippen molar-refractivity contribution in [2.45, 2.75) is 27.7 Å². The van der Waals surface area contributed by atoms with E-state index in [9.17, 15) is 0 Å². The number of amidine groups is 2. The normalized spacial score (nSPS) is 14.5. The number of hydrogen-bond acceptors (Lipinski definition) is 6. The van der Waals surface area contributed by atoms with E-state index in [1.807, 2.05) is 36.4 Å². The van der Waals surface area contributed by atoms with Crippen molar-refractivity contribution in [3.05, 3.63) is 241 Å². The molecule has 70 heavy (non-hydrogen) atoms. The number of aliphatic imine (C=N–C) groups is 2. The Bertz CT molecular complexity index is 2840. The molecule has 0 radical (unpaired) electrons. The van der Waals surface area contributed by atoms with Gasteiger partial charge in [-0.1, -0.05) is 183 Å². The highest BCUT2D eigenvalue weighted by molar-refractivity contribution is 6.88. The maximum absolute atomic E-state index is 6.32. The molecule has 10 rings (SSSR count). The summed E-state index contributed by atoms with van der Waals surface area (Å²) in [4.78, 5) is 26.0. The van der Waals surface area contributed by atoms with Crippen molar-refractivity contribution in [1.29, 1.82) is 0 Å². The molecule has 2 aliphatic rings. The van der Waals surface area contributed by atoms with Crippen LogP contribution in [0.1, 0.15) is 38.8 Å². The lowest BCUT2D eigenvalue weighted by molar-refractivity contribution is 0.271. The summed E-state index contributed by atoms with van der Waals surface area (Å²) in [7, 11) is 0. The zero-order valence-electron chi connectivity index (χ0n) is 40.0. The Balaban J connectivity index is 1.37. The number of ether oxygens (including phenoxy) is 2. The first kappa shape index (κ1) is 45.5. The molecule has 0 N–H and O–H groups in total. The monoisotopic (exact) mass is 912 g/mol. The average Bonchev–Trinajstić information content (AvgIpc) is 3.88. The lowest BCUT2D eigenvalue weighted by atomic mass is 9.48. The Morgan fingerprint density at radius 1 is 0.400 bits per heavy atom. The first-order valence-corrected chi connectivity index (χ1v) is 24.1. The standard InChI is InChI=1S/C60H54B2N6O2/c1-43(2)41-69-51-35-31-45(32-36-51)57-55-56(60(66-54-30-18-20-40-64-54)67(57)61(47-21-9-5-10-22-47)48-23-11-6-12-24-48)58(46-33-37-52(38-34-46)70-42-44(3)4)68(59(55)65-53-29-17-19-39-63-53)62(49-25-13-7-14-26-49)50-27-15-8-16-28-50/h5-40,43-44H,41-42H2,1-4H3. The lowest BCUT2D eigenvalue weighted by Crippen LogP contribution is -2.58. The Morgan fingerprint density at radius 3 is 1.00 bits per heavy atom. The second kappa shape index (κ2) is 21.0. The average molecular weight is 913 g/mol. The van der Waals surface area contributed by atoms with Crippen LogP contribution in [0.2, 0.25) is 0 Å². The first-order valence-electron chi connectivity index (χ1n) is 24.1. The van der Waals surface area contributed by atoms with Crippen molar-refractivity contribution in [3.8, 4) is 11.5 Å². The highest BCUT2D eigenvalue weighted by atomic mass is 16.5. The quantitative estimate of drug-likeness (QED) is 0.0899. The van der Waals surface area contributed by atoms with Crippen LogP contribution in [-0.2, 0) is 0 Å². The Labute approximate surface area is 412 Å². The predicted octanol–water partition coefficient (Wildman–Crippen LogP) is 10.4. The van der Waals surface area contributed by atoms with Crippen LogP contribution in [0.25, 0.3) is 11.4 Å². The molecule has 0 saturated heterocycles. The molecule has 342 valence electrons. The predicted molar refractivity (Wildman–Crippen MR) is 290 cm³/mol. The molecule has 2 aliphatic heterocycles. The van der Waals surface area contributed by atoms with Gasteiger partial charge in [0.1, 0.15) is 23.2 Å². The van der Waals surface area contributed by atoms with Crippen LogP contribution in [0.5, 0.6) is 11.5 Å². The Morgan fingerprint density at radius 2 is 0.714 bits per heavy atom. The molecule has 0 amide bonds. The van der Waals surface area contributed by atoms with Crippen LogP contribution in [0.4, 0.5) is 11.6 Å². The maximum Gasteiger partial charge on any atom is 0.329 e. The van der Waals surface area contributed by atoms with Crippen molar-refractivity contribution < 1.29 is 9.47 Å². The zero-order valence-corrected chi connectivity index (χ0v) is 40.0. The van der Waals surface area contributed by atoms with Crippen LogP contribution in [0.3, 0.4) is 0 Å². The molecule has 0 aliphatic carbocycles. The second-order valence-electron chi connectivity index (χ2n) is 18.3. The molecular weight excluding hydrogens is 858 g/mol. The SMILES string of the molecule is CC(C)COc1ccc(C2=C3C(=Nc4ccccn4)N(B(c4ccccc4)c4ccccc4)C(c4ccc(OCC(C)C)cc4)=C3C(=Nc3ccccn3)N2B(c2ccccc2)c2ccccc2)cc1. The van der Waals surface area contributed by atoms with Gasteiger partial charge in [0.15, 0.2) is 11.6 Å². The number of hydrogen-bond donors (Lipinski definition) is 0. The molecule has 10 heteroatoms. The third-order valence-corrected chi connectivity index (χ3v) is 12.2. The minimum atomic E-state index is -0.348. The van der Waals surface area contributed by atoms with Gasteiger partial charge in [0, 0.05) is 23.8 Å². The van der Waals surface area contributed by atoms with Gasteiger partial charge >= 0.3 is 13.7 Å². The van der Waals surface area contributed by atoms with Gasteiger partial charge in [-0.25, -0.2) is 20.0 Å². The van der Waals surface area contributed by atoms with Crippen molar-refractivity contribution in [3.63, 3.8) is 0 Å². The van der Waals surface area contributed by atoms with Gasteiger partial charge in [-0.05, 0) is 95.8 Å². The topological polar surface area (TPSA) is 75.4 Å². The maximum atomic E-state index is 6.32. The summed E-state index contributed by atoms with van der Waals surface area (Å²) in [5.41, 5.74) is 10.0. The van der Waals surface area contributed by atoms with Gasteiger partial charge in [0.2, 0.25) is 0 Å². The van der Waals surface area contributed by atoms with E-state index in [1.165, 1.54) is 0 Å². The number of benzene rings is 6. The molecule has 6 aromatic carbocycles. The summed E-state index contributed by atoms with van der Waals surface area (Å²) >= 11 is 0. The number of nitrogens with zero attached hydrogens (tertiary/aromatic N) is 6. The van der Waals surface area contributed by atoms with Gasteiger partial charge in [-0.15, -0.1) is 0 Å². The van der Waals surface area contributed by atoms with Crippen molar-refractivity contribution in [2.75, 3.05) is 13.2 Å². The van der Waals surface area contributed by atoms with E-state index in [1.54, 1.807) is 12.4 Å². The van der Waals surface area contributed by atoms with E-state index in [0.717, 1.165) is 78.7 Å². The summed E-state index contributed by atoms with van der Waals surface area (Å²) < 4.78 is 12.6. The van der Waals surface area contributed by atoms with Gasteiger partial charge in [0.05, 0.1) is 24.4 Å². The minimum Gasteiger partial charge on any atom is -0.493 e. The summed E-state index contributed by atoms with van der Waals surface area (Å²) in [6, 6.07) is 71.6.